The van der Waals surface area contributed by atoms with Crippen LogP contribution < -0.4 is 5.32 Å². The molecule has 2 rings (SSSR count). The number of benzene rings is 1. The van der Waals surface area contributed by atoms with Crippen molar-refractivity contribution in [3.8, 4) is 0 Å². The Morgan fingerprint density at radius 3 is 2.61 bits per heavy atom. The summed E-state index contributed by atoms with van der Waals surface area (Å²) in [5, 5.41) is 4.92. The van der Waals surface area contributed by atoms with Crippen LogP contribution in [0.2, 0.25) is 0 Å². The van der Waals surface area contributed by atoms with E-state index in [-0.39, 0.29) is 24.6 Å². The summed E-state index contributed by atoms with van der Waals surface area (Å²) < 4.78 is 25.7. The summed E-state index contributed by atoms with van der Waals surface area (Å²) in [7, 11) is -1.97. The fourth-order valence-corrected chi connectivity index (χ4v) is 3.71. The second-order valence-corrected chi connectivity index (χ2v) is 8.20. The summed E-state index contributed by atoms with van der Waals surface area (Å²) in [6.45, 7) is 2.12. The quantitative estimate of drug-likeness (QED) is 0.828. The van der Waals surface area contributed by atoms with Crippen LogP contribution in [0.25, 0.3) is 0 Å². The van der Waals surface area contributed by atoms with E-state index in [4.69, 9.17) is 0 Å². The van der Waals surface area contributed by atoms with Crippen molar-refractivity contribution in [2.75, 3.05) is 18.1 Å². The Kier molecular flexibility index (Phi) is 5.86. The third kappa shape index (κ3) is 5.42. The second kappa shape index (κ2) is 7.67. The number of rotatable bonds is 7. The molecule has 2 aromatic rings. The molecule has 1 aromatic carbocycles. The molecule has 124 valence electrons. The summed E-state index contributed by atoms with van der Waals surface area (Å²) in [6.07, 6.45) is -0.0971. The summed E-state index contributed by atoms with van der Waals surface area (Å²) in [4.78, 5) is 15.9. The van der Waals surface area contributed by atoms with Crippen LogP contribution in [-0.2, 0) is 21.4 Å². The molecule has 0 saturated heterocycles. The van der Waals surface area contributed by atoms with Crippen molar-refractivity contribution in [1.29, 1.82) is 0 Å². The minimum absolute atomic E-state index is 0.0971. The zero-order valence-corrected chi connectivity index (χ0v) is 14.7. The van der Waals surface area contributed by atoms with Crippen LogP contribution in [-0.4, -0.2) is 36.4 Å². The largest absolute Gasteiger partial charge is 0.302 e. The number of sulfonamides is 1. The maximum Gasteiger partial charge on any atom is 0.227 e. The maximum absolute atomic E-state index is 12.2. The van der Waals surface area contributed by atoms with Gasteiger partial charge in [-0.1, -0.05) is 30.3 Å². The van der Waals surface area contributed by atoms with Gasteiger partial charge in [-0.3, -0.25) is 4.79 Å². The van der Waals surface area contributed by atoms with E-state index >= 15 is 0 Å². The van der Waals surface area contributed by atoms with Crippen molar-refractivity contribution in [2.45, 2.75) is 19.9 Å². The fraction of sp³-hybridized carbons (Fsp3) is 0.333. The highest BCUT2D eigenvalue weighted by atomic mass is 32.2. The van der Waals surface area contributed by atoms with E-state index in [0.717, 1.165) is 11.3 Å². The molecule has 8 heteroatoms. The van der Waals surface area contributed by atoms with Gasteiger partial charge in [-0.2, -0.15) is 0 Å². The molecule has 0 aliphatic rings. The van der Waals surface area contributed by atoms with Gasteiger partial charge >= 0.3 is 0 Å². The van der Waals surface area contributed by atoms with Gasteiger partial charge in [-0.25, -0.2) is 17.7 Å². The maximum atomic E-state index is 12.2. The van der Waals surface area contributed by atoms with E-state index in [2.05, 4.69) is 10.3 Å². The molecule has 1 aromatic heterocycles. The van der Waals surface area contributed by atoms with Gasteiger partial charge in [0.1, 0.15) is 0 Å². The minimum atomic E-state index is -3.49. The van der Waals surface area contributed by atoms with Crippen LogP contribution in [0.1, 0.15) is 17.7 Å². The third-order valence-corrected chi connectivity index (χ3v) is 5.85. The summed E-state index contributed by atoms with van der Waals surface area (Å²) in [5.41, 5.74) is 1.72. The first-order valence-corrected chi connectivity index (χ1v) is 9.55. The van der Waals surface area contributed by atoms with Gasteiger partial charge in [0.25, 0.3) is 0 Å². The highest BCUT2D eigenvalue weighted by Gasteiger charge is 2.20. The molecule has 0 aliphatic heterocycles. The SMILES string of the molecule is Cc1csc(NC(=O)CCS(=O)(=O)N(C)Cc2ccccc2)n1. The van der Waals surface area contributed by atoms with Crippen molar-refractivity contribution in [2.24, 2.45) is 0 Å². The van der Waals surface area contributed by atoms with Gasteiger partial charge in [-0.05, 0) is 12.5 Å². The van der Waals surface area contributed by atoms with Gasteiger partial charge in [-0.15, -0.1) is 11.3 Å². The van der Waals surface area contributed by atoms with E-state index in [1.54, 1.807) is 0 Å². The van der Waals surface area contributed by atoms with Crippen LogP contribution in [0.3, 0.4) is 0 Å². The standard InChI is InChI=1S/C15H19N3O3S2/c1-12-11-22-15(16-12)17-14(19)8-9-23(20,21)18(2)10-13-6-4-3-5-7-13/h3-7,11H,8-10H2,1-2H3,(H,16,17,19). The number of anilines is 1. The molecule has 0 bridgehead atoms. The van der Waals surface area contributed by atoms with Gasteiger partial charge < -0.3 is 5.32 Å². The molecule has 0 fully saturated rings. The van der Waals surface area contributed by atoms with E-state index in [9.17, 15) is 13.2 Å². The minimum Gasteiger partial charge on any atom is -0.302 e. The molecule has 1 amide bonds. The monoisotopic (exact) mass is 353 g/mol. The van der Waals surface area contributed by atoms with Crippen molar-refractivity contribution in [3.05, 3.63) is 47.0 Å². The first-order valence-electron chi connectivity index (χ1n) is 7.07. The lowest BCUT2D eigenvalue weighted by molar-refractivity contribution is -0.115. The number of nitrogens with one attached hydrogen (secondary N) is 1. The van der Waals surface area contributed by atoms with Crippen molar-refractivity contribution in [1.82, 2.24) is 9.29 Å². The molecule has 1 heterocycles. The lowest BCUT2D eigenvalue weighted by Crippen LogP contribution is -2.30. The van der Waals surface area contributed by atoms with Crippen LogP contribution in [0.15, 0.2) is 35.7 Å². The molecule has 6 nitrogen and oxygen atoms in total. The van der Waals surface area contributed by atoms with Gasteiger partial charge in [0.15, 0.2) is 5.13 Å². The molecule has 0 unspecified atom stereocenters. The van der Waals surface area contributed by atoms with E-state index in [1.165, 1.54) is 22.7 Å². The molecule has 0 saturated carbocycles. The lowest BCUT2D eigenvalue weighted by atomic mass is 10.2. The van der Waals surface area contributed by atoms with E-state index < -0.39 is 10.0 Å². The molecule has 1 N–H and O–H groups in total. The molecular formula is C15H19N3O3S2. The Hall–Kier alpha value is -1.77. The first kappa shape index (κ1) is 17.6. The zero-order chi connectivity index (χ0) is 16.9. The first-order chi connectivity index (χ1) is 10.9. The Balaban J connectivity index is 1.86. The number of aryl methyl sites for hydroxylation is 1. The van der Waals surface area contributed by atoms with Crippen LogP contribution in [0, 0.1) is 6.92 Å². The Morgan fingerprint density at radius 1 is 1.30 bits per heavy atom. The van der Waals surface area contributed by atoms with Crippen LogP contribution >= 0.6 is 11.3 Å². The second-order valence-electron chi connectivity index (χ2n) is 5.15. The summed E-state index contributed by atoms with van der Waals surface area (Å²) in [6, 6.07) is 9.33. The molecule has 23 heavy (non-hydrogen) atoms. The average molecular weight is 353 g/mol. The highest BCUT2D eigenvalue weighted by molar-refractivity contribution is 7.89. The Labute approximate surface area is 140 Å². The molecule has 0 radical (unpaired) electrons. The molecule has 0 spiro atoms. The van der Waals surface area contributed by atoms with E-state index in [0.29, 0.717) is 5.13 Å². The Bertz CT molecular complexity index is 757. The van der Waals surface area contributed by atoms with Crippen LogP contribution in [0.4, 0.5) is 5.13 Å². The van der Waals surface area contributed by atoms with Gasteiger partial charge in [0.2, 0.25) is 15.9 Å². The normalized spacial score (nSPS) is 11.6. The smallest absolute Gasteiger partial charge is 0.227 e. The topological polar surface area (TPSA) is 79.4 Å². The third-order valence-electron chi connectivity index (χ3n) is 3.18. The zero-order valence-electron chi connectivity index (χ0n) is 13.0. The van der Waals surface area contributed by atoms with Crippen LogP contribution in [0.5, 0.6) is 0 Å². The number of hydrogen-bond donors (Lipinski definition) is 1. The van der Waals surface area contributed by atoms with Crippen molar-refractivity contribution >= 4 is 32.4 Å². The van der Waals surface area contributed by atoms with Crippen molar-refractivity contribution in [3.63, 3.8) is 0 Å². The average Bonchev–Trinajstić information content (AvgIpc) is 2.91. The summed E-state index contributed by atoms with van der Waals surface area (Å²) >= 11 is 1.32. The number of carbonyl (C=O) groups excluding carboxylic acids is 1. The Morgan fingerprint density at radius 2 is 2.00 bits per heavy atom. The molecule has 0 atom stereocenters. The van der Waals surface area contributed by atoms with Gasteiger partial charge in [0.05, 0.1) is 11.4 Å². The molecular weight excluding hydrogens is 334 g/mol. The fourth-order valence-electron chi connectivity index (χ4n) is 1.91. The number of aromatic nitrogens is 1. The molecule has 0 aliphatic carbocycles. The lowest BCUT2D eigenvalue weighted by Gasteiger charge is -2.17. The number of hydrogen-bond acceptors (Lipinski definition) is 5. The van der Waals surface area contributed by atoms with Crippen molar-refractivity contribution < 1.29 is 13.2 Å². The number of carbonyl (C=O) groups is 1. The predicted molar refractivity (Wildman–Crippen MR) is 91.8 cm³/mol. The van der Waals surface area contributed by atoms with Gasteiger partial charge in [0, 0.05) is 25.4 Å². The van der Waals surface area contributed by atoms with E-state index in [1.807, 2.05) is 42.6 Å². The number of amides is 1. The predicted octanol–water partition coefficient (Wildman–Crippen LogP) is 2.24. The highest BCUT2D eigenvalue weighted by Crippen LogP contribution is 2.15. The summed E-state index contributed by atoms with van der Waals surface area (Å²) in [5.74, 6) is -0.581. The number of thiazole rings is 1. The number of nitrogens with zero attached hydrogens (tertiary/aromatic N) is 2.